The van der Waals surface area contributed by atoms with E-state index < -0.39 is 0 Å². The van der Waals surface area contributed by atoms with Crippen LogP contribution in [0.3, 0.4) is 0 Å². The number of aromatic amines is 1. The maximum absolute atomic E-state index is 5.03. The number of nitrogens with one attached hydrogen (secondary N) is 1. The van der Waals surface area contributed by atoms with Crippen molar-refractivity contribution in [1.82, 2.24) is 10.2 Å². The Bertz CT molecular complexity index is 218. The molecule has 0 radical (unpaired) electrons. The molecule has 1 N–H and O–H groups in total. The van der Waals surface area contributed by atoms with Crippen molar-refractivity contribution in [2.24, 2.45) is 0 Å². The number of epoxide rings is 1. The van der Waals surface area contributed by atoms with Crippen molar-refractivity contribution in [1.29, 1.82) is 0 Å². The molecule has 1 atom stereocenters. The van der Waals surface area contributed by atoms with Crippen LogP contribution in [0.15, 0.2) is 10.7 Å². The van der Waals surface area contributed by atoms with Gasteiger partial charge in [0.2, 0.25) is 0 Å². The maximum atomic E-state index is 5.03. The fraction of sp³-hybridized carbons (Fsp3) is 0.400. The lowest BCUT2D eigenvalue weighted by atomic mass is 10.3. The molecule has 1 aromatic rings. The second-order valence-corrected chi connectivity index (χ2v) is 2.81. The third kappa shape index (κ3) is 0.881. The Morgan fingerprint density at radius 1 is 1.89 bits per heavy atom. The number of H-pyrrole nitrogens is 1. The zero-order valence-corrected chi connectivity index (χ0v) is 6.18. The van der Waals surface area contributed by atoms with Gasteiger partial charge in [-0.15, -0.1) is 0 Å². The highest BCUT2D eigenvalue weighted by molar-refractivity contribution is 9.10. The van der Waals surface area contributed by atoms with Crippen molar-refractivity contribution in [3.05, 3.63) is 16.4 Å². The zero-order chi connectivity index (χ0) is 6.27. The summed E-state index contributed by atoms with van der Waals surface area (Å²) in [6.45, 7) is 0.820. The second-order valence-electron chi connectivity index (χ2n) is 1.95. The molecule has 0 saturated carbocycles. The first kappa shape index (κ1) is 5.44. The van der Waals surface area contributed by atoms with Gasteiger partial charge in [0.05, 0.1) is 23.0 Å². The third-order valence-electron chi connectivity index (χ3n) is 1.28. The van der Waals surface area contributed by atoms with Crippen LogP contribution >= 0.6 is 15.9 Å². The van der Waals surface area contributed by atoms with E-state index in [1.165, 1.54) is 0 Å². The number of ether oxygens (including phenoxy) is 1. The van der Waals surface area contributed by atoms with Crippen molar-refractivity contribution in [2.75, 3.05) is 6.61 Å². The molecule has 0 unspecified atom stereocenters. The average molecular weight is 189 g/mol. The fourth-order valence-electron chi connectivity index (χ4n) is 0.722. The highest BCUT2D eigenvalue weighted by atomic mass is 79.9. The molecule has 1 aliphatic rings. The van der Waals surface area contributed by atoms with Crippen LogP contribution in [0.2, 0.25) is 0 Å². The van der Waals surface area contributed by atoms with Gasteiger partial charge in [0.15, 0.2) is 0 Å². The lowest BCUT2D eigenvalue weighted by molar-refractivity contribution is 0.410. The predicted molar refractivity (Wildman–Crippen MR) is 35.0 cm³/mol. The fourth-order valence-corrected chi connectivity index (χ4v) is 1.17. The Morgan fingerprint density at radius 2 is 2.67 bits per heavy atom. The van der Waals surface area contributed by atoms with Crippen LogP contribution in [0.1, 0.15) is 11.8 Å². The first-order valence-corrected chi connectivity index (χ1v) is 3.47. The summed E-state index contributed by atoms with van der Waals surface area (Å²) >= 11 is 3.33. The van der Waals surface area contributed by atoms with Crippen molar-refractivity contribution in [3.8, 4) is 0 Å². The van der Waals surface area contributed by atoms with Crippen LogP contribution in [0.4, 0.5) is 0 Å². The van der Waals surface area contributed by atoms with E-state index in [9.17, 15) is 0 Å². The summed E-state index contributed by atoms with van der Waals surface area (Å²) in [5.74, 6) is 0. The summed E-state index contributed by atoms with van der Waals surface area (Å²) in [6, 6.07) is 0. The molecule has 0 bridgehead atoms. The van der Waals surface area contributed by atoms with Gasteiger partial charge >= 0.3 is 0 Å². The SMILES string of the molecule is Brc1cn[nH]c1[C@@H]1CO1. The normalized spacial score (nSPS) is 24.3. The Morgan fingerprint density at radius 3 is 3.11 bits per heavy atom. The monoisotopic (exact) mass is 188 g/mol. The summed E-state index contributed by atoms with van der Waals surface area (Å²) in [6.07, 6.45) is 2.00. The number of rotatable bonds is 1. The van der Waals surface area contributed by atoms with Gasteiger partial charge in [0.25, 0.3) is 0 Å². The smallest absolute Gasteiger partial charge is 0.123 e. The number of hydrogen-bond acceptors (Lipinski definition) is 2. The first-order chi connectivity index (χ1) is 4.38. The van der Waals surface area contributed by atoms with Gasteiger partial charge in [0.1, 0.15) is 6.10 Å². The van der Waals surface area contributed by atoms with E-state index in [-0.39, 0.29) is 6.10 Å². The number of halogens is 1. The topological polar surface area (TPSA) is 41.2 Å². The van der Waals surface area contributed by atoms with E-state index in [4.69, 9.17) is 4.74 Å². The first-order valence-electron chi connectivity index (χ1n) is 2.68. The minimum Gasteiger partial charge on any atom is -0.366 e. The van der Waals surface area contributed by atoms with Crippen molar-refractivity contribution in [3.63, 3.8) is 0 Å². The van der Waals surface area contributed by atoms with Gasteiger partial charge in [-0.3, -0.25) is 5.10 Å². The van der Waals surface area contributed by atoms with Crippen molar-refractivity contribution < 1.29 is 4.74 Å². The van der Waals surface area contributed by atoms with E-state index in [0.29, 0.717) is 0 Å². The minimum absolute atomic E-state index is 0.266. The van der Waals surface area contributed by atoms with E-state index in [2.05, 4.69) is 26.1 Å². The second kappa shape index (κ2) is 1.82. The molecule has 3 nitrogen and oxygen atoms in total. The molecular weight excluding hydrogens is 184 g/mol. The van der Waals surface area contributed by atoms with E-state index in [1.807, 2.05) is 0 Å². The Hall–Kier alpha value is -0.350. The molecule has 2 heterocycles. The molecule has 1 saturated heterocycles. The highest BCUT2D eigenvalue weighted by Gasteiger charge is 2.28. The van der Waals surface area contributed by atoms with Gasteiger partial charge in [-0.2, -0.15) is 5.10 Å². The summed E-state index contributed by atoms with van der Waals surface area (Å²) in [5.41, 5.74) is 1.05. The number of hydrogen-bond donors (Lipinski definition) is 1. The molecule has 1 fully saturated rings. The molecule has 4 heteroatoms. The van der Waals surface area contributed by atoms with Crippen molar-refractivity contribution in [2.45, 2.75) is 6.10 Å². The van der Waals surface area contributed by atoms with Gasteiger partial charge in [-0.25, -0.2) is 0 Å². The summed E-state index contributed by atoms with van der Waals surface area (Å²) < 4.78 is 6.04. The standard InChI is InChI=1S/C5H5BrN2O/c6-3-1-7-8-5(3)4-2-9-4/h1,4H,2H2,(H,7,8)/t4-/m0/s1. The van der Waals surface area contributed by atoms with Gasteiger partial charge in [-0.05, 0) is 15.9 Å². The predicted octanol–water partition coefficient (Wildman–Crippen LogP) is 1.24. The molecule has 0 aliphatic carbocycles. The highest BCUT2D eigenvalue weighted by Crippen LogP contribution is 2.32. The van der Waals surface area contributed by atoms with E-state index >= 15 is 0 Å². The van der Waals surface area contributed by atoms with E-state index in [0.717, 1.165) is 16.8 Å². The van der Waals surface area contributed by atoms with Gasteiger partial charge in [-0.1, -0.05) is 0 Å². The molecule has 0 aromatic carbocycles. The lowest BCUT2D eigenvalue weighted by Crippen LogP contribution is -1.79. The zero-order valence-electron chi connectivity index (χ0n) is 4.60. The summed E-state index contributed by atoms with van der Waals surface area (Å²) in [4.78, 5) is 0. The molecule has 0 amide bonds. The number of nitrogens with zero attached hydrogens (tertiary/aromatic N) is 1. The summed E-state index contributed by atoms with van der Waals surface area (Å²) in [7, 11) is 0. The lowest BCUT2D eigenvalue weighted by Gasteiger charge is -1.85. The number of aromatic nitrogens is 2. The average Bonchev–Trinajstić information content (AvgIpc) is 2.58. The molecule has 2 rings (SSSR count). The molecular formula is C5H5BrN2O. The molecule has 1 aliphatic heterocycles. The van der Waals surface area contributed by atoms with Crippen LogP contribution in [0.5, 0.6) is 0 Å². The molecule has 9 heavy (non-hydrogen) atoms. The largest absolute Gasteiger partial charge is 0.366 e. The van der Waals surface area contributed by atoms with Crippen LogP contribution < -0.4 is 0 Å². The Balaban J connectivity index is 2.35. The third-order valence-corrected chi connectivity index (χ3v) is 1.91. The minimum atomic E-state index is 0.266. The Labute approximate surface area is 60.5 Å². The quantitative estimate of drug-likeness (QED) is 0.675. The van der Waals surface area contributed by atoms with Crippen molar-refractivity contribution >= 4 is 15.9 Å². The van der Waals surface area contributed by atoms with Crippen LogP contribution in [-0.4, -0.2) is 16.8 Å². The van der Waals surface area contributed by atoms with Crippen LogP contribution in [0, 0.1) is 0 Å². The van der Waals surface area contributed by atoms with Gasteiger partial charge in [0, 0.05) is 0 Å². The van der Waals surface area contributed by atoms with E-state index in [1.54, 1.807) is 6.20 Å². The summed E-state index contributed by atoms with van der Waals surface area (Å²) in [5, 5.41) is 6.68. The molecule has 1 aromatic heterocycles. The Kier molecular flexibility index (Phi) is 1.10. The van der Waals surface area contributed by atoms with Crippen LogP contribution in [0.25, 0.3) is 0 Å². The van der Waals surface area contributed by atoms with Gasteiger partial charge < -0.3 is 4.74 Å². The van der Waals surface area contributed by atoms with Crippen LogP contribution in [-0.2, 0) is 4.74 Å². The molecule has 48 valence electrons. The maximum Gasteiger partial charge on any atom is 0.123 e. The molecule has 0 spiro atoms.